The highest BCUT2D eigenvalue weighted by Crippen LogP contribution is 2.33. The third kappa shape index (κ3) is 4.08. The molecule has 178 valence electrons. The van der Waals surface area contributed by atoms with Crippen LogP contribution in [0.2, 0.25) is 0 Å². The predicted molar refractivity (Wildman–Crippen MR) is 141 cm³/mol. The summed E-state index contributed by atoms with van der Waals surface area (Å²) in [5.41, 5.74) is 6.58. The number of H-pyrrole nitrogens is 2. The summed E-state index contributed by atoms with van der Waals surface area (Å²) in [6, 6.07) is 8.68. The third-order valence-electron chi connectivity index (χ3n) is 6.52. The first-order valence-corrected chi connectivity index (χ1v) is 12.0. The molecule has 6 rings (SSSR count). The maximum absolute atomic E-state index is 4.73. The van der Waals surface area contributed by atoms with Crippen LogP contribution < -0.4 is 10.2 Å². The molecule has 35 heavy (non-hydrogen) atoms. The van der Waals surface area contributed by atoms with Gasteiger partial charge in [-0.05, 0) is 45.2 Å². The number of hydrogen-bond acceptors (Lipinski definition) is 7. The van der Waals surface area contributed by atoms with Gasteiger partial charge in [0.2, 0.25) is 0 Å². The Balaban J connectivity index is 1.39. The van der Waals surface area contributed by atoms with E-state index in [-0.39, 0.29) is 0 Å². The number of fused-ring (bicyclic) bond motifs is 2. The van der Waals surface area contributed by atoms with E-state index in [1.165, 1.54) is 0 Å². The number of piperazine rings is 1. The molecule has 9 nitrogen and oxygen atoms in total. The average Bonchev–Trinajstić information content (AvgIpc) is 3.48. The summed E-state index contributed by atoms with van der Waals surface area (Å²) in [4.78, 5) is 22.1. The van der Waals surface area contributed by atoms with Gasteiger partial charge in [0.15, 0.2) is 0 Å². The number of rotatable bonds is 5. The lowest BCUT2D eigenvalue weighted by Gasteiger charge is -2.33. The Morgan fingerprint density at radius 2 is 1.80 bits per heavy atom. The van der Waals surface area contributed by atoms with Gasteiger partial charge in [0, 0.05) is 67.1 Å². The zero-order valence-electron chi connectivity index (χ0n) is 20.2. The first-order valence-electron chi connectivity index (χ1n) is 12.0. The second-order valence-electron chi connectivity index (χ2n) is 9.52. The molecule has 5 aromatic rings. The molecule has 1 aliphatic rings. The largest absolute Gasteiger partial charge is 0.382 e. The monoisotopic (exact) mass is 467 g/mol. The molecule has 1 saturated heterocycles. The van der Waals surface area contributed by atoms with Gasteiger partial charge in [0.25, 0.3) is 0 Å². The number of aromatic amines is 2. The second kappa shape index (κ2) is 8.66. The molecule has 3 N–H and O–H groups in total. The van der Waals surface area contributed by atoms with Crippen molar-refractivity contribution in [2.45, 2.75) is 19.9 Å². The Bertz CT molecular complexity index is 1490. The molecule has 0 unspecified atom stereocenters. The van der Waals surface area contributed by atoms with Crippen molar-refractivity contribution in [2.24, 2.45) is 0 Å². The molecular weight excluding hydrogens is 438 g/mol. The van der Waals surface area contributed by atoms with Crippen molar-refractivity contribution in [3.63, 3.8) is 0 Å². The van der Waals surface area contributed by atoms with Crippen LogP contribution in [0, 0.1) is 0 Å². The smallest absolute Gasteiger partial charge is 0.138 e. The van der Waals surface area contributed by atoms with Crippen molar-refractivity contribution in [3.8, 4) is 22.6 Å². The van der Waals surface area contributed by atoms with Crippen LogP contribution in [0.15, 0.2) is 49.1 Å². The summed E-state index contributed by atoms with van der Waals surface area (Å²) in [6.07, 6.45) is 7.40. The van der Waals surface area contributed by atoms with Crippen molar-refractivity contribution in [2.75, 3.05) is 43.4 Å². The van der Waals surface area contributed by atoms with Crippen molar-refractivity contribution < 1.29 is 0 Å². The van der Waals surface area contributed by atoms with Crippen LogP contribution in [0.5, 0.6) is 0 Å². The van der Waals surface area contributed by atoms with Crippen LogP contribution in [0.3, 0.4) is 0 Å². The summed E-state index contributed by atoms with van der Waals surface area (Å²) in [7, 11) is 2.17. The minimum atomic E-state index is 0.329. The SMILES string of the molecule is CC(C)Nc1cncc(-c2cc3c(-c4cc5c(N6CCN(C)CC6)nccc5[nH]4)n[nH]c3cn2)c1. The van der Waals surface area contributed by atoms with Gasteiger partial charge in [0.1, 0.15) is 11.5 Å². The molecule has 0 atom stereocenters. The number of nitrogens with one attached hydrogen (secondary N) is 3. The standard InChI is InChI=1S/C26H29N9/c1-16(2)30-18-10-17(13-27-14-18)22-11-19-24(15-29-22)32-33-25(19)23-12-20-21(31-23)4-5-28-26(20)35-8-6-34(3)7-9-35/h4-5,10-16,30-31H,6-9H2,1-3H3,(H,32,33). The Morgan fingerprint density at radius 3 is 2.63 bits per heavy atom. The Morgan fingerprint density at radius 1 is 0.943 bits per heavy atom. The molecule has 0 spiro atoms. The predicted octanol–water partition coefficient (Wildman–Crippen LogP) is 4.14. The van der Waals surface area contributed by atoms with Gasteiger partial charge in [-0.1, -0.05) is 0 Å². The van der Waals surface area contributed by atoms with Crippen molar-refractivity contribution >= 4 is 33.3 Å². The molecule has 0 aliphatic carbocycles. The summed E-state index contributed by atoms with van der Waals surface area (Å²) in [6.45, 7) is 8.25. The summed E-state index contributed by atoms with van der Waals surface area (Å²) in [5.74, 6) is 1.03. The van der Waals surface area contributed by atoms with Gasteiger partial charge < -0.3 is 20.1 Å². The number of nitrogens with zero attached hydrogens (tertiary/aromatic N) is 6. The van der Waals surface area contributed by atoms with Gasteiger partial charge in [0.05, 0.1) is 34.3 Å². The molecule has 0 aromatic carbocycles. The van der Waals surface area contributed by atoms with Gasteiger partial charge in [-0.15, -0.1) is 0 Å². The summed E-state index contributed by atoms with van der Waals surface area (Å²) >= 11 is 0. The number of pyridine rings is 3. The maximum atomic E-state index is 4.73. The van der Waals surface area contributed by atoms with Gasteiger partial charge in [-0.3, -0.25) is 15.1 Å². The Hall–Kier alpha value is -3.98. The number of likely N-dealkylation sites (N-methyl/N-ethyl adjacent to an activating group) is 1. The van der Waals surface area contributed by atoms with E-state index in [2.05, 4.69) is 79.4 Å². The molecule has 0 amide bonds. The lowest BCUT2D eigenvalue weighted by molar-refractivity contribution is 0.312. The minimum Gasteiger partial charge on any atom is -0.382 e. The van der Waals surface area contributed by atoms with E-state index < -0.39 is 0 Å². The van der Waals surface area contributed by atoms with Crippen LogP contribution in [0.1, 0.15) is 13.8 Å². The highest BCUT2D eigenvalue weighted by molar-refractivity contribution is 5.99. The first-order chi connectivity index (χ1) is 17.0. The molecular formula is C26H29N9. The Labute approximate surface area is 203 Å². The fourth-order valence-electron chi connectivity index (χ4n) is 4.71. The maximum Gasteiger partial charge on any atom is 0.138 e. The van der Waals surface area contributed by atoms with Crippen LogP contribution in [-0.4, -0.2) is 74.3 Å². The third-order valence-corrected chi connectivity index (χ3v) is 6.52. The first kappa shape index (κ1) is 21.5. The van der Waals surface area contributed by atoms with E-state index in [0.29, 0.717) is 6.04 Å². The van der Waals surface area contributed by atoms with E-state index in [1.54, 1.807) is 0 Å². The molecule has 0 bridgehead atoms. The van der Waals surface area contributed by atoms with Crippen LogP contribution in [0.25, 0.3) is 44.5 Å². The zero-order valence-corrected chi connectivity index (χ0v) is 20.2. The van der Waals surface area contributed by atoms with E-state index in [1.807, 2.05) is 30.9 Å². The summed E-state index contributed by atoms with van der Waals surface area (Å²) in [5, 5.41) is 13.3. The molecule has 0 radical (unpaired) electrons. The molecule has 9 heteroatoms. The van der Waals surface area contributed by atoms with Gasteiger partial charge in [-0.25, -0.2) is 4.98 Å². The average molecular weight is 468 g/mol. The van der Waals surface area contributed by atoms with Gasteiger partial charge >= 0.3 is 0 Å². The molecule has 1 aliphatic heterocycles. The van der Waals surface area contributed by atoms with Crippen LogP contribution in [-0.2, 0) is 0 Å². The lowest BCUT2D eigenvalue weighted by Crippen LogP contribution is -2.44. The highest BCUT2D eigenvalue weighted by Gasteiger charge is 2.20. The lowest BCUT2D eigenvalue weighted by atomic mass is 10.1. The molecule has 6 heterocycles. The van der Waals surface area contributed by atoms with E-state index in [4.69, 9.17) is 4.98 Å². The highest BCUT2D eigenvalue weighted by atomic mass is 15.3. The summed E-state index contributed by atoms with van der Waals surface area (Å²) < 4.78 is 0. The topological polar surface area (TPSA) is 102 Å². The second-order valence-corrected chi connectivity index (χ2v) is 9.52. The zero-order chi connectivity index (χ0) is 23.9. The van der Waals surface area contributed by atoms with Crippen molar-refractivity contribution in [1.29, 1.82) is 0 Å². The van der Waals surface area contributed by atoms with Gasteiger partial charge in [-0.2, -0.15) is 5.10 Å². The minimum absolute atomic E-state index is 0.329. The normalized spacial score (nSPS) is 14.9. The van der Waals surface area contributed by atoms with Crippen molar-refractivity contribution in [1.82, 2.24) is 35.0 Å². The quantitative estimate of drug-likeness (QED) is 0.357. The fraction of sp³-hybridized carbons (Fsp3) is 0.308. The van der Waals surface area contributed by atoms with E-state index in [0.717, 1.165) is 82.1 Å². The Kier molecular flexibility index (Phi) is 5.33. The number of hydrogen-bond donors (Lipinski definition) is 3. The molecule has 0 saturated carbocycles. The fourth-order valence-corrected chi connectivity index (χ4v) is 4.71. The number of anilines is 2. The molecule has 1 fully saturated rings. The van der Waals surface area contributed by atoms with E-state index in [9.17, 15) is 0 Å². The van der Waals surface area contributed by atoms with Crippen LogP contribution in [0.4, 0.5) is 11.5 Å². The number of aromatic nitrogens is 6. The van der Waals surface area contributed by atoms with Crippen LogP contribution >= 0.6 is 0 Å². The molecule has 5 aromatic heterocycles. The van der Waals surface area contributed by atoms with E-state index >= 15 is 0 Å². The van der Waals surface area contributed by atoms with Crippen molar-refractivity contribution in [3.05, 3.63) is 49.1 Å².